The Morgan fingerprint density at radius 3 is 3.11 bits per heavy atom. The lowest BCUT2D eigenvalue weighted by Gasteiger charge is -2.19. The normalized spacial score (nSPS) is 13.8. The number of thiazole rings is 1. The van der Waals surface area contributed by atoms with Gasteiger partial charge in [-0.15, -0.1) is 11.3 Å². The van der Waals surface area contributed by atoms with Crippen LogP contribution >= 0.6 is 11.3 Å². The molecule has 98 valence electrons. The van der Waals surface area contributed by atoms with Gasteiger partial charge in [0.1, 0.15) is 0 Å². The van der Waals surface area contributed by atoms with Crippen LogP contribution in [-0.4, -0.2) is 10.9 Å². The van der Waals surface area contributed by atoms with Gasteiger partial charge < -0.3 is 16.4 Å². The van der Waals surface area contributed by atoms with Gasteiger partial charge in [0.25, 0.3) is 0 Å². The summed E-state index contributed by atoms with van der Waals surface area (Å²) in [5.41, 5.74) is 12.3. The molecule has 1 aromatic carbocycles. The largest absolute Gasteiger partial charge is 0.397 e. The minimum Gasteiger partial charge on any atom is -0.397 e. The van der Waals surface area contributed by atoms with Crippen molar-refractivity contribution in [2.24, 2.45) is 0 Å². The molecule has 19 heavy (non-hydrogen) atoms. The predicted molar refractivity (Wildman–Crippen MR) is 77.2 cm³/mol. The lowest BCUT2D eigenvalue weighted by atomic mass is 10.0. The highest BCUT2D eigenvalue weighted by Crippen LogP contribution is 2.31. The number of aryl methyl sites for hydroxylation is 1. The van der Waals surface area contributed by atoms with Gasteiger partial charge >= 0.3 is 0 Å². The van der Waals surface area contributed by atoms with Gasteiger partial charge in [-0.2, -0.15) is 0 Å². The molecule has 0 spiro atoms. The number of hydrogen-bond acceptors (Lipinski definition) is 5. The van der Waals surface area contributed by atoms with Crippen LogP contribution in [0.15, 0.2) is 23.0 Å². The fourth-order valence-electron chi connectivity index (χ4n) is 2.11. The molecule has 5 nitrogen and oxygen atoms in total. The van der Waals surface area contributed by atoms with Gasteiger partial charge in [-0.3, -0.25) is 4.79 Å². The van der Waals surface area contributed by atoms with Crippen LogP contribution in [0.2, 0.25) is 0 Å². The fraction of sp³-hybridized carbons (Fsp3) is 0.231. The van der Waals surface area contributed by atoms with Crippen molar-refractivity contribution in [2.75, 3.05) is 16.4 Å². The highest BCUT2D eigenvalue weighted by molar-refractivity contribution is 7.07. The van der Waals surface area contributed by atoms with Crippen molar-refractivity contribution in [2.45, 2.75) is 19.4 Å². The van der Waals surface area contributed by atoms with E-state index in [0.29, 0.717) is 18.7 Å². The van der Waals surface area contributed by atoms with Crippen LogP contribution < -0.4 is 16.4 Å². The molecule has 3 rings (SSSR count). The van der Waals surface area contributed by atoms with E-state index >= 15 is 0 Å². The van der Waals surface area contributed by atoms with E-state index in [1.165, 1.54) is 0 Å². The predicted octanol–water partition coefficient (Wildman–Crippen LogP) is 2.22. The van der Waals surface area contributed by atoms with E-state index in [1.807, 2.05) is 23.0 Å². The van der Waals surface area contributed by atoms with Gasteiger partial charge in [-0.1, -0.05) is 0 Å². The smallest absolute Gasteiger partial charge is 0.224 e. The average Bonchev–Trinajstić information content (AvgIpc) is 2.89. The molecule has 0 radical (unpaired) electrons. The highest BCUT2D eigenvalue weighted by Gasteiger charge is 2.16. The Balaban J connectivity index is 1.80. The number of aromatic nitrogens is 1. The van der Waals surface area contributed by atoms with Crippen LogP contribution in [0.25, 0.3) is 0 Å². The number of anilines is 3. The zero-order chi connectivity index (χ0) is 13.2. The van der Waals surface area contributed by atoms with E-state index in [-0.39, 0.29) is 5.91 Å². The number of nitrogens with zero attached hydrogens (tertiary/aromatic N) is 1. The van der Waals surface area contributed by atoms with Gasteiger partial charge in [0.2, 0.25) is 5.91 Å². The van der Waals surface area contributed by atoms with Crippen molar-refractivity contribution in [1.82, 2.24) is 4.98 Å². The number of fused-ring (bicyclic) bond motifs is 1. The lowest BCUT2D eigenvalue weighted by molar-refractivity contribution is -0.116. The molecular weight excluding hydrogens is 260 g/mol. The number of amides is 1. The quantitative estimate of drug-likeness (QED) is 0.750. The molecule has 6 heteroatoms. The Morgan fingerprint density at radius 2 is 2.32 bits per heavy atom. The molecule has 0 fully saturated rings. The lowest BCUT2D eigenvalue weighted by Crippen LogP contribution is -2.19. The van der Waals surface area contributed by atoms with Crippen molar-refractivity contribution in [3.8, 4) is 0 Å². The molecule has 2 aromatic rings. The van der Waals surface area contributed by atoms with E-state index in [1.54, 1.807) is 11.3 Å². The topological polar surface area (TPSA) is 80.0 Å². The Hall–Kier alpha value is -2.08. The maximum atomic E-state index is 11.3. The second-order valence-corrected chi connectivity index (χ2v) is 5.20. The minimum atomic E-state index is 0.0510. The summed E-state index contributed by atoms with van der Waals surface area (Å²) in [5.74, 6) is 0.0510. The third-order valence-electron chi connectivity index (χ3n) is 3.11. The first-order valence-corrected chi connectivity index (χ1v) is 7.00. The van der Waals surface area contributed by atoms with E-state index in [4.69, 9.17) is 5.73 Å². The van der Waals surface area contributed by atoms with Gasteiger partial charge in [-0.25, -0.2) is 4.98 Å². The highest BCUT2D eigenvalue weighted by atomic mass is 32.1. The Labute approximate surface area is 114 Å². The first kappa shape index (κ1) is 12.0. The van der Waals surface area contributed by atoms with Crippen LogP contribution in [0, 0.1) is 0 Å². The van der Waals surface area contributed by atoms with Crippen LogP contribution in [0.1, 0.15) is 17.7 Å². The molecule has 1 amide bonds. The Bertz CT molecular complexity index is 609. The van der Waals surface area contributed by atoms with E-state index in [0.717, 1.165) is 29.1 Å². The molecule has 1 aliphatic heterocycles. The van der Waals surface area contributed by atoms with Crippen LogP contribution in [-0.2, 0) is 17.8 Å². The molecule has 0 unspecified atom stereocenters. The molecule has 0 bridgehead atoms. The molecule has 2 heterocycles. The number of rotatable bonds is 3. The van der Waals surface area contributed by atoms with Crippen molar-refractivity contribution in [1.29, 1.82) is 0 Å². The molecule has 0 saturated heterocycles. The summed E-state index contributed by atoms with van der Waals surface area (Å²) in [5, 5.41) is 8.13. The SMILES string of the molecule is Nc1cc2c(cc1NCc1cscn1)CCC(=O)N2. The van der Waals surface area contributed by atoms with Gasteiger partial charge in [-0.05, 0) is 24.1 Å². The van der Waals surface area contributed by atoms with E-state index in [2.05, 4.69) is 15.6 Å². The fourth-order valence-corrected chi connectivity index (χ4v) is 2.67. The first-order chi connectivity index (χ1) is 9.22. The zero-order valence-corrected chi connectivity index (χ0v) is 11.1. The number of carbonyl (C=O) groups excluding carboxylic acids is 1. The summed E-state index contributed by atoms with van der Waals surface area (Å²) < 4.78 is 0. The van der Waals surface area contributed by atoms with Gasteiger partial charge in [0, 0.05) is 17.5 Å². The molecule has 0 saturated carbocycles. The van der Waals surface area contributed by atoms with E-state index < -0.39 is 0 Å². The number of carbonyl (C=O) groups is 1. The molecular formula is C13H14N4OS. The maximum absolute atomic E-state index is 11.3. The first-order valence-electron chi connectivity index (χ1n) is 6.05. The summed E-state index contributed by atoms with van der Waals surface area (Å²) in [4.78, 5) is 15.5. The number of nitrogen functional groups attached to an aromatic ring is 1. The molecule has 0 atom stereocenters. The minimum absolute atomic E-state index is 0.0510. The summed E-state index contributed by atoms with van der Waals surface area (Å²) in [6.07, 6.45) is 1.29. The zero-order valence-electron chi connectivity index (χ0n) is 10.3. The Morgan fingerprint density at radius 1 is 1.42 bits per heavy atom. The average molecular weight is 274 g/mol. The third-order valence-corrected chi connectivity index (χ3v) is 3.75. The Kier molecular flexibility index (Phi) is 3.08. The van der Waals surface area contributed by atoms with Crippen molar-refractivity contribution in [3.63, 3.8) is 0 Å². The number of benzene rings is 1. The standard InChI is InChI=1S/C13H14N4OS/c14-10-4-11-8(1-2-13(18)17-11)3-12(10)15-5-9-6-19-7-16-9/h3-4,6-7,15H,1-2,5,14H2,(H,17,18). The maximum Gasteiger partial charge on any atom is 0.224 e. The summed E-state index contributed by atoms with van der Waals surface area (Å²) in [7, 11) is 0. The van der Waals surface area contributed by atoms with Crippen LogP contribution in [0.5, 0.6) is 0 Å². The molecule has 0 aliphatic carbocycles. The summed E-state index contributed by atoms with van der Waals surface area (Å²) >= 11 is 1.57. The van der Waals surface area contributed by atoms with Crippen molar-refractivity contribution < 1.29 is 4.79 Å². The van der Waals surface area contributed by atoms with Gasteiger partial charge in [0.15, 0.2) is 0 Å². The van der Waals surface area contributed by atoms with E-state index in [9.17, 15) is 4.79 Å². The number of nitrogens with two attached hydrogens (primary N) is 1. The second kappa shape index (κ2) is 4.89. The summed E-state index contributed by atoms with van der Waals surface area (Å²) in [6, 6.07) is 3.83. The van der Waals surface area contributed by atoms with Gasteiger partial charge in [0.05, 0.1) is 29.1 Å². The number of hydrogen-bond donors (Lipinski definition) is 3. The molecule has 1 aromatic heterocycles. The van der Waals surface area contributed by atoms with Crippen molar-refractivity contribution in [3.05, 3.63) is 34.3 Å². The molecule has 4 N–H and O–H groups in total. The van der Waals surface area contributed by atoms with Crippen molar-refractivity contribution >= 4 is 34.3 Å². The summed E-state index contributed by atoms with van der Waals surface area (Å²) in [6.45, 7) is 0.652. The van der Waals surface area contributed by atoms with Crippen LogP contribution in [0.4, 0.5) is 17.1 Å². The van der Waals surface area contributed by atoms with Crippen LogP contribution in [0.3, 0.4) is 0 Å². The second-order valence-electron chi connectivity index (χ2n) is 4.48. The molecule has 1 aliphatic rings. The monoisotopic (exact) mass is 274 g/mol. The number of nitrogens with one attached hydrogen (secondary N) is 2. The third kappa shape index (κ3) is 2.53.